The molecule has 0 saturated carbocycles. The summed E-state index contributed by atoms with van der Waals surface area (Å²) < 4.78 is 10.8. The van der Waals surface area contributed by atoms with Crippen molar-refractivity contribution in [1.82, 2.24) is 0 Å². The van der Waals surface area contributed by atoms with Crippen molar-refractivity contribution in [2.24, 2.45) is 0 Å². The number of hydrogen-bond acceptors (Lipinski definition) is 6. The van der Waals surface area contributed by atoms with Gasteiger partial charge in [-0.15, -0.1) is 0 Å². The molecule has 8 heteroatoms. The molecule has 0 atom stereocenters. The summed E-state index contributed by atoms with van der Waals surface area (Å²) >= 11 is 6.52. The number of carboxylic acid groups (broad SMARTS) is 1. The van der Waals surface area contributed by atoms with Crippen LogP contribution in [0.5, 0.6) is 11.5 Å². The molecule has 2 aromatic rings. The maximum Gasteiger partial charge on any atom is 0.340 e. The van der Waals surface area contributed by atoms with E-state index in [2.05, 4.69) is 0 Å². The Bertz CT molecular complexity index is 1020. The third-order valence-corrected chi connectivity index (χ3v) is 5.53. The molecule has 1 fully saturated rings. The molecule has 144 valence electrons. The van der Waals surface area contributed by atoms with Crippen molar-refractivity contribution in [3.05, 3.63) is 58.0 Å². The lowest BCUT2D eigenvalue weighted by Crippen LogP contribution is -2.28. The topological polar surface area (TPSA) is 76.1 Å². The first-order valence-corrected chi connectivity index (χ1v) is 9.43. The molecule has 1 amide bonds. The largest absolute Gasteiger partial charge is 0.493 e. The van der Waals surface area contributed by atoms with Gasteiger partial charge in [-0.25, -0.2) is 4.79 Å². The molecule has 1 heterocycles. The Morgan fingerprint density at radius 1 is 1.18 bits per heavy atom. The van der Waals surface area contributed by atoms with Gasteiger partial charge in [-0.3, -0.25) is 9.69 Å². The van der Waals surface area contributed by atoms with Crippen molar-refractivity contribution >= 4 is 51.9 Å². The maximum absolute atomic E-state index is 13.0. The fourth-order valence-electron chi connectivity index (χ4n) is 2.91. The van der Waals surface area contributed by atoms with Crippen LogP contribution >= 0.6 is 24.0 Å². The zero-order valence-corrected chi connectivity index (χ0v) is 17.0. The van der Waals surface area contributed by atoms with Crippen LogP contribution in [0.2, 0.25) is 0 Å². The molecular formula is C20H17NO5S2. The van der Waals surface area contributed by atoms with Gasteiger partial charge < -0.3 is 14.6 Å². The van der Waals surface area contributed by atoms with E-state index in [4.69, 9.17) is 21.7 Å². The van der Waals surface area contributed by atoms with E-state index in [1.165, 1.54) is 25.2 Å². The zero-order valence-electron chi connectivity index (χ0n) is 15.4. The molecule has 0 spiro atoms. The van der Waals surface area contributed by atoms with Gasteiger partial charge in [0.05, 0.1) is 24.8 Å². The van der Waals surface area contributed by atoms with Crippen LogP contribution in [-0.4, -0.2) is 35.5 Å². The SMILES string of the molecule is COc1ccc(/C=C2/SC(=S)N(c3ccccc3C)C2=O)c(C(=O)O)c1OC. The number of benzene rings is 2. The molecule has 0 radical (unpaired) electrons. The van der Waals surface area contributed by atoms with E-state index in [9.17, 15) is 14.7 Å². The van der Waals surface area contributed by atoms with Crippen molar-refractivity contribution in [1.29, 1.82) is 0 Å². The first kappa shape index (κ1) is 19.9. The molecular weight excluding hydrogens is 398 g/mol. The van der Waals surface area contributed by atoms with Crippen LogP contribution in [0.1, 0.15) is 21.5 Å². The average Bonchev–Trinajstić information content (AvgIpc) is 2.94. The van der Waals surface area contributed by atoms with Crippen LogP contribution in [0.25, 0.3) is 6.08 Å². The summed E-state index contributed by atoms with van der Waals surface area (Å²) in [6.07, 6.45) is 1.52. The summed E-state index contributed by atoms with van der Waals surface area (Å²) in [5.74, 6) is -1.09. The number of carboxylic acids is 1. The first-order valence-electron chi connectivity index (χ1n) is 8.21. The Morgan fingerprint density at radius 2 is 1.89 bits per heavy atom. The van der Waals surface area contributed by atoms with Crippen molar-refractivity contribution in [2.45, 2.75) is 6.92 Å². The van der Waals surface area contributed by atoms with E-state index in [1.807, 2.05) is 31.2 Å². The lowest BCUT2D eigenvalue weighted by atomic mass is 10.0. The number of anilines is 1. The monoisotopic (exact) mass is 415 g/mol. The minimum atomic E-state index is -1.18. The molecule has 0 unspecified atom stereocenters. The molecule has 28 heavy (non-hydrogen) atoms. The van der Waals surface area contributed by atoms with Gasteiger partial charge >= 0.3 is 5.97 Å². The number of nitrogens with zero attached hydrogens (tertiary/aromatic N) is 1. The third-order valence-electron chi connectivity index (χ3n) is 4.23. The predicted octanol–water partition coefficient (Wildman–Crippen LogP) is 4.12. The number of thiocarbonyl (C=S) groups is 1. The lowest BCUT2D eigenvalue weighted by molar-refractivity contribution is -0.113. The fourth-order valence-corrected chi connectivity index (χ4v) is 4.19. The van der Waals surface area contributed by atoms with E-state index in [0.29, 0.717) is 26.2 Å². The Balaban J connectivity index is 2.08. The molecule has 1 aliphatic heterocycles. The lowest BCUT2D eigenvalue weighted by Gasteiger charge is -2.16. The van der Waals surface area contributed by atoms with Gasteiger partial charge in [-0.1, -0.05) is 48.2 Å². The second-order valence-electron chi connectivity index (χ2n) is 5.87. The van der Waals surface area contributed by atoms with Gasteiger partial charge in [-0.05, 0) is 36.3 Å². The first-order chi connectivity index (χ1) is 13.4. The highest BCUT2D eigenvalue weighted by atomic mass is 32.2. The summed E-state index contributed by atoms with van der Waals surface area (Å²) in [6, 6.07) is 10.6. The Kier molecular flexibility index (Phi) is 5.71. The number of rotatable bonds is 5. The number of para-hydroxylation sites is 1. The molecule has 1 aliphatic rings. The molecule has 0 bridgehead atoms. The number of amides is 1. The van der Waals surface area contributed by atoms with Crippen LogP contribution in [0.4, 0.5) is 5.69 Å². The van der Waals surface area contributed by atoms with Gasteiger partial charge in [0.2, 0.25) is 0 Å². The molecule has 0 aliphatic carbocycles. The van der Waals surface area contributed by atoms with Crippen molar-refractivity contribution in [3.63, 3.8) is 0 Å². The quantitative estimate of drug-likeness (QED) is 0.582. The minimum absolute atomic E-state index is 0.0805. The van der Waals surface area contributed by atoms with Gasteiger partial charge in [0.15, 0.2) is 15.8 Å². The van der Waals surface area contributed by atoms with Crippen molar-refractivity contribution < 1.29 is 24.2 Å². The fraction of sp³-hybridized carbons (Fsp3) is 0.150. The van der Waals surface area contributed by atoms with Crippen LogP contribution in [0, 0.1) is 6.92 Å². The molecule has 1 N–H and O–H groups in total. The number of aryl methyl sites for hydroxylation is 1. The van der Waals surface area contributed by atoms with Crippen LogP contribution in [0.3, 0.4) is 0 Å². The zero-order chi connectivity index (χ0) is 20.4. The molecule has 2 aromatic carbocycles. The Morgan fingerprint density at radius 3 is 2.50 bits per heavy atom. The van der Waals surface area contributed by atoms with E-state index >= 15 is 0 Å². The van der Waals surface area contributed by atoms with Gasteiger partial charge in [0.1, 0.15) is 5.56 Å². The number of carbonyl (C=O) groups is 2. The average molecular weight is 415 g/mol. The highest BCUT2D eigenvalue weighted by Crippen LogP contribution is 2.39. The molecule has 1 saturated heterocycles. The Labute approximate surface area is 171 Å². The van der Waals surface area contributed by atoms with E-state index in [1.54, 1.807) is 12.1 Å². The number of aromatic carboxylic acids is 1. The summed E-state index contributed by atoms with van der Waals surface area (Å²) in [4.78, 5) is 26.6. The summed E-state index contributed by atoms with van der Waals surface area (Å²) in [5, 5.41) is 9.66. The summed E-state index contributed by atoms with van der Waals surface area (Å²) in [6.45, 7) is 1.90. The van der Waals surface area contributed by atoms with Gasteiger partial charge in [0, 0.05) is 0 Å². The van der Waals surface area contributed by atoms with Crippen molar-refractivity contribution in [3.8, 4) is 11.5 Å². The number of thioether (sulfide) groups is 1. The number of methoxy groups -OCH3 is 2. The molecule has 6 nitrogen and oxygen atoms in total. The van der Waals surface area contributed by atoms with Gasteiger partial charge in [-0.2, -0.15) is 0 Å². The predicted molar refractivity (Wildman–Crippen MR) is 113 cm³/mol. The minimum Gasteiger partial charge on any atom is -0.493 e. The third kappa shape index (κ3) is 3.48. The van der Waals surface area contributed by atoms with Crippen molar-refractivity contribution in [2.75, 3.05) is 19.1 Å². The summed E-state index contributed by atoms with van der Waals surface area (Å²) in [7, 11) is 2.79. The maximum atomic E-state index is 13.0. The number of carbonyl (C=O) groups excluding carboxylic acids is 1. The Hall–Kier alpha value is -2.84. The highest BCUT2D eigenvalue weighted by molar-refractivity contribution is 8.27. The standard InChI is InChI=1S/C20H17NO5S2/c1-11-6-4-5-7-13(11)21-18(22)15(28-20(21)27)10-12-8-9-14(25-2)17(26-3)16(12)19(23)24/h4-10H,1-3H3,(H,23,24)/b15-10+. The van der Waals surface area contributed by atoms with Gasteiger partial charge in [0.25, 0.3) is 5.91 Å². The normalized spacial score (nSPS) is 15.2. The number of hydrogen-bond donors (Lipinski definition) is 1. The van der Waals surface area contributed by atoms with Crippen LogP contribution in [-0.2, 0) is 4.79 Å². The second kappa shape index (κ2) is 8.04. The van der Waals surface area contributed by atoms with Crippen LogP contribution in [0.15, 0.2) is 41.3 Å². The van der Waals surface area contributed by atoms with E-state index in [-0.39, 0.29) is 17.2 Å². The second-order valence-corrected chi connectivity index (χ2v) is 7.55. The smallest absolute Gasteiger partial charge is 0.340 e. The number of ether oxygens (including phenoxy) is 2. The summed E-state index contributed by atoms with van der Waals surface area (Å²) in [5.41, 5.74) is 1.87. The molecule has 0 aromatic heterocycles. The molecule has 3 rings (SSSR count). The van der Waals surface area contributed by atoms with E-state index in [0.717, 1.165) is 17.3 Å². The van der Waals surface area contributed by atoms with E-state index < -0.39 is 5.97 Å². The van der Waals surface area contributed by atoms with Crippen LogP contribution < -0.4 is 14.4 Å². The highest BCUT2D eigenvalue weighted by Gasteiger charge is 2.34.